The Balaban J connectivity index is 1.92. The molecule has 2 aliphatic heterocycles. The standard InChI is InChI=1S/C18H35N3O2S/c1-5-19-16(21-12-18(22)8-10-24-13-18)20-11-14-7-6-9-23-15(14)17(2,3)4/h14-15,22H,5-13H2,1-4H3,(H2,19,20,21). The second-order valence-electron chi connectivity index (χ2n) is 8.16. The zero-order chi connectivity index (χ0) is 17.6. The number of nitrogens with zero attached hydrogens (tertiary/aromatic N) is 1. The molecule has 24 heavy (non-hydrogen) atoms. The van der Waals surface area contributed by atoms with Gasteiger partial charge in [-0.25, -0.2) is 0 Å². The molecule has 2 saturated heterocycles. The summed E-state index contributed by atoms with van der Waals surface area (Å²) >= 11 is 1.81. The van der Waals surface area contributed by atoms with Crippen LogP contribution in [0.3, 0.4) is 0 Å². The van der Waals surface area contributed by atoms with Gasteiger partial charge in [0.15, 0.2) is 5.96 Å². The third-order valence-corrected chi connectivity index (χ3v) is 6.02. The number of ether oxygens (including phenoxy) is 1. The number of guanidine groups is 1. The summed E-state index contributed by atoms with van der Waals surface area (Å²) in [4.78, 5) is 4.63. The molecular formula is C18H35N3O2S. The second kappa shape index (κ2) is 8.77. The highest BCUT2D eigenvalue weighted by atomic mass is 32.2. The molecule has 0 bridgehead atoms. The van der Waals surface area contributed by atoms with Gasteiger partial charge < -0.3 is 20.5 Å². The summed E-state index contributed by atoms with van der Waals surface area (Å²) in [5.74, 6) is 3.12. The van der Waals surface area contributed by atoms with Crippen molar-refractivity contribution in [1.29, 1.82) is 0 Å². The molecular weight excluding hydrogens is 322 g/mol. The van der Waals surface area contributed by atoms with Gasteiger partial charge >= 0.3 is 0 Å². The number of hydrogen-bond acceptors (Lipinski definition) is 4. The molecule has 140 valence electrons. The minimum absolute atomic E-state index is 0.151. The van der Waals surface area contributed by atoms with Crippen molar-refractivity contribution in [2.75, 3.05) is 37.7 Å². The maximum Gasteiger partial charge on any atom is 0.191 e. The molecule has 5 nitrogen and oxygen atoms in total. The summed E-state index contributed by atoms with van der Waals surface area (Å²) in [6.07, 6.45) is 3.43. The summed E-state index contributed by atoms with van der Waals surface area (Å²) in [5, 5.41) is 17.2. The molecule has 0 spiro atoms. The van der Waals surface area contributed by atoms with Gasteiger partial charge in [0.05, 0.1) is 18.2 Å². The quantitative estimate of drug-likeness (QED) is 0.520. The van der Waals surface area contributed by atoms with Gasteiger partial charge in [-0.3, -0.25) is 4.99 Å². The van der Waals surface area contributed by atoms with Gasteiger partial charge in [0.2, 0.25) is 0 Å². The van der Waals surface area contributed by atoms with Crippen LogP contribution in [0.2, 0.25) is 0 Å². The van der Waals surface area contributed by atoms with Crippen LogP contribution >= 0.6 is 11.8 Å². The predicted molar refractivity (Wildman–Crippen MR) is 103 cm³/mol. The highest BCUT2D eigenvalue weighted by molar-refractivity contribution is 7.99. The van der Waals surface area contributed by atoms with Crippen LogP contribution in [0.4, 0.5) is 0 Å². The smallest absolute Gasteiger partial charge is 0.191 e. The Hall–Kier alpha value is -0.460. The van der Waals surface area contributed by atoms with E-state index in [9.17, 15) is 5.11 Å². The highest BCUT2D eigenvalue weighted by Crippen LogP contribution is 2.33. The lowest BCUT2D eigenvalue weighted by Crippen LogP contribution is -2.48. The van der Waals surface area contributed by atoms with Gasteiger partial charge in [-0.05, 0) is 37.4 Å². The number of rotatable bonds is 5. The van der Waals surface area contributed by atoms with E-state index < -0.39 is 5.60 Å². The number of aliphatic hydroxyl groups is 1. The molecule has 3 unspecified atom stereocenters. The van der Waals surface area contributed by atoms with Crippen molar-refractivity contribution >= 4 is 17.7 Å². The predicted octanol–water partition coefficient (Wildman–Crippen LogP) is 2.25. The van der Waals surface area contributed by atoms with E-state index in [4.69, 9.17) is 4.74 Å². The van der Waals surface area contributed by atoms with E-state index in [1.165, 1.54) is 6.42 Å². The summed E-state index contributed by atoms with van der Waals surface area (Å²) in [5.41, 5.74) is -0.479. The first-order valence-electron chi connectivity index (χ1n) is 9.28. The minimum Gasteiger partial charge on any atom is -0.387 e. The molecule has 6 heteroatoms. The third-order valence-electron chi connectivity index (χ3n) is 4.79. The van der Waals surface area contributed by atoms with Crippen molar-refractivity contribution in [2.45, 2.75) is 58.7 Å². The van der Waals surface area contributed by atoms with E-state index in [2.05, 4.69) is 43.3 Å². The Bertz CT molecular complexity index is 417. The van der Waals surface area contributed by atoms with Gasteiger partial charge in [-0.15, -0.1) is 0 Å². The average molecular weight is 358 g/mol. The van der Waals surface area contributed by atoms with Crippen LogP contribution in [-0.2, 0) is 4.74 Å². The molecule has 2 rings (SSSR count). The van der Waals surface area contributed by atoms with Gasteiger partial charge in [0.25, 0.3) is 0 Å². The van der Waals surface area contributed by atoms with E-state index >= 15 is 0 Å². The van der Waals surface area contributed by atoms with Crippen LogP contribution < -0.4 is 10.6 Å². The maximum atomic E-state index is 10.5. The number of aliphatic imine (C=N–C) groups is 1. The molecule has 0 radical (unpaired) electrons. The van der Waals surface area contributed by atoms with Crippen LogP contribution in [0, 0.1) is 11.3 Å². The van der Waals surface area contributed by atoms with Crippen LogP contribution in [0.15, 0.2) is 4.99 Å². The van der Waals surface area contributed by atoms with Crippen LogP contribution in [-0.4, -0.2) is 60.5 Å². The fourth-order valence-corrected chi connectivity index (χ4v) is 4.81. The van der Waals surface area contributed by atoms with Crippen molar-refractivity contribution in [3.8, 4) is 0 Å². The average Bonchev–Trinajstić information content (AvgIpc) is 2.96. The van der Waals surface area contributed by atoms with Crippen molar-refractivity contribution in [1.82, 2.24) is 10.6 Å². The van der Waals surface area contributed by atoms with Crippen molar-refractivity contribution in [3.63, 3.8) is 0 Å². The van der Waals surface area contributed by atoms with E-state index in [-0.39, 0.29) is 11.5 Å². The van der Waals surface area contributed by atoms with E-state index in [0.29, 0.717) is 12.5 Å². The lowest BCUT2D eigenvalue weighted by atomic mass is 9.78. The first kappa shape index (κ1) is 19.9. The normalized spacial score (nSPS) is 32.0. The van der Waals surface area contributed by atoms with Crippen LogP contribution in [0.5, 0.6) is 0 Å². The Morgan fingerprint density at radius 1 is 1.38 bits per heavy atom. The first-order valence-corrected chi connectivity index (χ1v) is 10.4. The SMILES string of the molecule is CCNC(=NCC1(O)CCSC1)NCC1CCCOC1C(C)(C)C. The Morgan fingerprint density at radius 3 is 2.79 bits per heavy atom. The van der Waals surface area contributed by atoms with Gasteiger partial charge in [-0.2, -0.15) is 11.8 Å². The van der Waals surface area contributed by atoms with E-state index in [0.717, 1.165) is 50.0 Å². The van der Waals surface area contributed by atoms with Crippen molar-refractivity contribution < 1.29 is 9.84 Å². The molecule has 3 atom stereocenters. The van der Waals surface area contributed by atoms with Crippen molar-refractivity contribution in [2.24, 2.45) is 16.3 Å². The molecule has 2 fully saturated rings. The van der Waals surface area contributed by atoms with Crippen LogP contribution in [0.1, 0.15) is 47.0 Å². The number of hydrogen-bond donors (Lipinski definition) is 3. The molecule has 2 aliphatic rings. The lowest BCUT2D eigenvalue weighted by molar-refractivity contribution is -0.0835. The van der Waals surface area contributed by atoms with Gasteiger partial charge in [0.1, 0.15) is 0 Å². The van der Waals surface area contributed by atoms with E-state index in [1.807, 2.05) is 11.8 Å². The van der Waals surface area contributed by atoms with Gasteiger partial charge in [-0.1, -0.05) is 20.8 Å². The van der Waals surface area contributed by atoms with Crippen molar-refractivity contribution in [3.05, 3.63) is 0 Å². The largest absolute Gasteiger partial charge is 0.387 e. The van der Waals surface area contributed by atoms with Gasteiger partial charge in [0, 0.05) is 31.4 Å². The Kier molecular flexibility index (Phi) is 7.25. The van der Waals surface area contributed by atoms with Crippen LogP contribution in [0.25, 0.3) is 0 Å². The molecule has 0 aliphatic carbocycles. The molecule has 3 N–H and O–H groups in total. The highest BCUT2D eigenvalue weighted by Gasteiger charge is 2.35. The molecule has 0 saturated carbocycles. The minimum atomic E-state index is -0.630. The second-order valence-corrected chi connectivity index (χ2v) is 9.27. The first-order chi connectivity index (χ1) is 11.3. The molecule has 0 aromatic heterocycles. The van der Waals surface area contributed by atoms with E-state index in [1.54, 1.807) is 0 Å². The summed E-state index contributed by atoms with van der Waals surface area (Å²) in [6, 6.07) is 0. The molecule has 0 aromatic carbocycles. The third kappa shape index (κ3) is 5.81. The fraction of sp³-hybridized carbons (Fsp3) is 0.944. The number of thioether (sulfide) groups is 1. The molecule has 2 heterocycles. The molecule has 0 aromatic rings. The molecule has 0 amide bonds. The zero-order valence-corrected chi connectivity index (χ0v) is 16.5. The lowest BCUT2D eigenvalue weighted by Gasteiger charge is -2.40. The summed E-state index contributed by atoms with van der Waals surface area (Å²) in [7, 11) is 0. The zero-order valence-electron chi connectivity index (χ0n) is 15.7. The summed E-state index contributed by atoms with van der Waals surface area (Å²) < 4.78 is 6.06. The summed E-state index contributed by atoms with van der Waals surface area (Å²) in [6.45, 7) is 11.9. The Morgan fingerprint density at radius 2 is 2.17 bits per heavy atom. The topological polar surface area (TPSA) is 65.9 Å². The fourth-order valence-electron chi connectivity index (χ4n) is 3.53. The monoisotopic (exact) mass is 357 g/mol. The number of nitrogens with one attached hydrogen (secondary N) is 2. The Labute approximate surface area is 151 Å². The maximum absolute atomic E-state index is 10.5.